The van der Waals surface area contributed by atoms with Gasteiger partial charge in [0.15, 0.2) is 23.1 Å². The SMILES string of the molecule is Oc1ccc(Cc2cc(F)cc(Cc3ccc(O)c(F)c3)c2O)cc1F. The summed E-state index contributed by atoms with van der Waals surface area (Å²) in [6.45, 7) is 0. The first-order valence-corrected chi connectivity index (χ1v) is 7.78. The molecule has 3 aromatic carbocycles. The average molecular weight is 360 g/mol. The fourth-order valence-corrected chi connectivity index (χ4v) is 2.75. The normalized spacial score (nSPS) is 10.9. The quantitative estimate of drug-likeness (QED) is 0.646. The molecule has 0 aliphatic heterocycles. The Bertz CT molecular complexity index is 896. The van der Waals surface area contributed by atoms with E-state index >= 15 is 0 Å². The summed E-state index contributed by atoms with van der Waals surface area (Å²) < 4.78 is 40.9. The van der Waals surface area contributed by atoms with E-state index in [2.05, 4.69) is 0 Å². The summed E-state index contributed by atoms with van der Waals surface area (Å²) in [6, 6.07) is 9.79. The maximum Gasteiger partial charge on any atom is 0.165 e. The number of hydrogen-bond donors (Lipinski definition) is 3. The maximum absolute atomic E-state index is 14.0. The van der Waals surface area contributed by atoms with E-state index in [1.807, 2.05) is 0 Å². The summed E-state index contributed by atoms with van der Waals surface area (Å²) in [5, 5.41) is 28.9. The molecule has 3 rings (SSSR count). The fraction of sp³-hybridized carbons (Fsp3) is 0.100. The third kappa shape index (κ3) is 3.74. The van der Waals surface area contributed by atoms with Gasteiger partial charge in [0.25, 0.3) is 0 Å². The van der Waals surface area contributed by atoms with Gasteiger partial charge in [0, 0.05) is 24.0 Å². The number of halogens is 3. The van der Waals surface area contributed by atoms with E-state index in [1.165, 1.54) is 24.3 Å². The molecular weight excluding hydrogens is 345 g/mol. The van der Waals surface area contributed by atoms with Crippen molar-refractivity contribution in [2.24, 2.45) is 0 Å². The highest BCUT2D eigenvalue weighted by Gasteiger charge is 2.13. The Morgan fingerprint density at radius 2 is 1.04 bits per heavy atom. The molecule has 134 valence electrons. The maximum atomic E-state index is 14.0. The van der Waals surface area contributed by atoms with Gasteiger partial charge in [-0.3, -0.25) is 0 Å². The molecule has 3 N–H and O–H groups in total. The van der Waals surface area contributed by atoms with Crippen LogP contribution in [0.25, 0.3) is 0 Å². The third-order valence-corrected chi connectivity index (χ3v) is 4.05. The molecule has 0 spiro atoms. The van der Waals surface area contributed by atoms with Gasteiger partial charge in [0.1, 0.15) is 11.6 Å². The Labute approximate surface area is 147 Å². The van der Waals surface area contributed by atoms with Gasteiger partial charge in [-0.05, 0) is 47.5 Å². The lowest BCUT2D eigenvalue weighted by atomic mass is 9.97. The predicted octanol–water partition coefficient (Wildman–Crippen LogP) is 4.40. The van der Waals surface area contributed by atoms with Crippen LogP contribution in [0.3, 0.4) is 0 Å². The number of aromatic hydroxyl groups is 3. The van der Waals surface area contributed by atoms with Crippen LogP contribution >= 0.6 is 0 Å². The highest BCUT2D eigenvalue weighted by Crippen LogP contribution is 2.30. The number of phenols is 3. The monoisotopic (exact) mass is 360 g/mol. The van der Waals surface area contributed by atoms with Crippen molar-refractivity contribution in [2.45, 2.75) is 12.8 Å². The lowest BCUT2D eigenvalue weighted by molar-refractivity contribution is 0.432. The first-order chi connectivity index (χ1) is 12.3. The molecule has 0 heterocycles. The molecule has 0 saturated carbocycles. The smallest absolute Gasteiger partial charge is 0.165 e. The number of phenolic OH excluding ortho intramolecular Hbond substituents is 3. The van der Waals surface area contributed by atoms with E-state index < -0.39 is 29.0 Å². The number of hydrogen-bond acceptors (Lipinski definition) is 3. The van der Waals surface area contributed by atoms with Gasteiger partial charge in [0.05, 0.1) is 0 Å². The van der Waals surface area contributed by atoms with Gasteiger partial charge in [0.2, 0.25) is 0 Å². The molecule has 0 atom stereocenters. The van der Waals surface area contributed by atoms with Crippen LogP contribution in [0.5, 0.6) is 17.2 Å². The van der Waals surface area contributed by atoms with Crippen LogP contribution in [0, 0.1) is 17.5 Å². The zero-order chi connectivity index (χ0) is 18.8. The van der Waals surface area contributed by atoms with Crippen molar-refractivity contribution in [3.8, 4) is 17.2 Å². The van der Waals surface area contributed by atoms with Crippen molar-refractivity contribution >= 4 is 0 Å². The second kappa shape index (κ2) is 7.00. The lowest BCUT2D eigenvalue weighted by Gasteiger charge is -2.12. The summed E-state index contributed by atoms with van der Waals surface area (Å²) in [5.41, 5.74) is 1.37. The average Bonchev–Trinajstić information content (AvgIpc) is 2.58. The minimum atomic E-state index is -0.807. The molecule has 0 bridgehead atoms. The molecule has 0 unspecified atom stereocenters. The van der Waals surface area contributed by atoms with Gasteiger partial charge in [-0.25, -0.2) is 13.2 Å². The van der Waals surface area contributed by atoms with Gasteiger partial charge in [-0.1, -0.05) is 12.1 Å². The fourth-order valence-electron chi connectivity index (χ4n) is 2.75. The van der Waals surface area contributed by atoms with E-state index in [9.17, 15) is 28.5 Å². The molecule has 0 fully saturated rings. The molecule has 0 aromatic heterocycles. The Balaban J connectivity index is 1.92. The van der Waals surface area contributed by atoms with Gasteiger partial charge in [-0.2, -0.15) is 0 Å². The molecule has 3 nitrogen and oxygen atoms in total. The molecule has 0 aliphatic carbocycles. The topological polar surface area (TPSA) is 60.7 Å². The van der Waals surface area contributed by atoms with E-state index in [0.717, 1.165) is 24.3 Å². The summed E-state index contributed by atoms with van der Waals surface area (Å²) in [7, 11) is 0. The molecule has 0 saturated heterocycles. The van der Waals surface area contributed by atoms with Crippen molar-refractivity contribution in [1.29, 1.82) is 0 Å². The predicted molar refractivity (Wildman–Crippen MR) is 89.8 cm³/mol. The summed E-state index contributed by atoms with van der Waals surface area (Å²) >= 11 is 0. The van der Waals surface area contributed by atoms with Crippen LogP contribution < -0.4 is 0 Å². The van der Waals surface area contributed by atoms with E-state index in [-0.39, 0.29) is 29.7 Å². The number of benzene rings is 3. The van der Waals surface area contributed by atoms with Crippen LogP contribution in [0.15, 0.2) is 48.5 Å². The van der Waals surface area contributed by atoms with Crippen LogP contribution in [0.2, 0.25) is 0 Å². The minimum absolute atomic E-state index is 0.0533. The molecule has 0 amide bonds. The van der Waals surface area contributed by atoms with E-state index in [0.29, 0.717) is 11.1 Å². The van der Waals surface area contributed by atoms with Gasteiger partial charge in [-0.15, -0.1) is 0 Å². The van der Waals surface area contributed by atoms with Crippen molar-refractivity contribution in [3.63, 3.8) is 0 Å². The molecule has 3 aromatic rings. The largest absolute Gasteiger partial charge is 0.507 e. The third-order valence-electron chi connectivity index (χ3n) is 4.05. The molecule has 6 heteroatoms. The van der Waals surface area contributed by atoms with Crippen LogP contribution in [-0.2, 0) is 12.8 Å². The first-order valence-electron chi connectivity index (χ1n) is 7.78. The standard InChI is InChI=1S/C20H15F3O3/c21-15-9-13(5-11-1-3-18(24)16(22)7-11)20(26)14(10-15)6-12-2-4-19(25)17(23)8-12/h1-4,7-10,24-26H,5-6H2. The van der Waals surface area contributed by atoms with Crippen molar-refractivity contribution in [1.82, 2.24) is 0 Å². The summed E-state index contributed by atoms with van der Waals surface area (Å²) in [5.74, 6) is -3.37. The zero-order valence-corrected chi connectivity index (χ0v) is 13.5. The molecular formula is C20H15F3O3. The highest BCUT2D eigenvalue weighted by atomic mass is 19.1. The van der Waals surface area contributed by atoms with Crippen LogP contribution in [-0.4, -0.2) is 15.3 Å². The lowest BCUT2D eigenvalue weighted by Crippen LogP contribution is -1.97. The Morgan fingerprint density at radius 1 is 0.615 bits per heavy atom. The summed E-state index contributed by atoms with van der Waals surface area (Å²) in [4.78, 5) is 0. The molecule has 0 aliphatic rings. The Kier molecular flexibility index (Phi) is 4.75. The van der Waals surface area contributed by atoms with Crippen molar-refractivity contribution in [3.05, 3.63) is 88.2 Å². The zero-order valence-electron chi connectivity index (χ0n) is 13.5. The Hall–Kier alpha value is -3.15. The minimum Gasteiger partial charge on any atom is -0.507 e. The second-order valence-electron chi connectivity index (χ2n) is 6.00. The number of rotatable bonds is 4. The second-order valence-corrected chi connectivity index (χ2v) is 6.00. The highest BCUT2D eigenvalue weighted by molar-refractivity contribution is 5.46. The first kappa shape index (κ1) is 17.7. The van der Waals surface area contributed by atoms with E-state index in [4.69, 9.17) is 0 Å². The Morgan fingerprint density at radius 3 is 1.42 bits per heavy atom. The molecule has 0 radical (unpaired) electrons. The van der Waals surface area contributed by atoms with Crippen LogP contribution in [0.4, 0.5) is 13.2 Å². The van der Waals surface area contributed by atoms with Crippen molar-refractivity contribution < 1.29 is 28.5 Å². The van der Waals surface area contributed by atoms with Crippen molar-refractivity contribution in [2.75, 3.05) is 0 Å². The molecule has 26 heavy (non-hydrogen) atoms. The van der Waals surface area contributed by atoms with Crippen LogP contribution in [0.1, 0.15) is 22.3 Å². The summed E-state index contributed by atoms with van der Waals surface area (Å²) in [6.07, 6.45) is 0.107. The van der Waals surface area contributed by atoms with Gasteiger partial charge < -0.3 is 15.3 Å². The van der Waals surface area contributed by atoms with Gasteiger partial charge >= 0.3 is 0 Å². The van der Waals surface area contributed by atoms with E-state index in [1.54, 1.807) is 0 Å².